The van der Waals surface area contributed by atoms with Crippen LogP contribution in [0.4, 0.5) is 23.7 Å². The zero-order valence-corrected chi connectivity index (χ0v) is 13.1. The number of hydrogen-bond donors (Lipinski definition) is 2. The van der Waals surface area contributed by atoms with Crippen molar-refractivity contribution in [1.82, 2.24) is 10.2 Å². The van der Waals surface area contributed by atoms with E-state index < -0.39 is 17.8 Å². The van der Waals surface area contributed by atoms with Gasteiger partial charge in [0.15, 0.2) is 0 Å². The summed E-state index contributed by atoms with van der Waals surface area (Å²) in [6, 6.07) is 4.02. The van der Waals surface area contributed by atoms with Gasteiger partial charge in [-0.2, -0.15) is 13.2 Å². The number of halogens is 3. The fraction of sp³-hybridized carbons (Fsp3) is 0.562. The maximum atomic E-state index is 12.5. The number of nitrogens with one attached hydrogen (secondary N) is 2. The molecule has 1 aromatic rings. The molecule has 1 aliphatic rings. The molecular formula is C16H22F3N3O. The normalized spacial score (nSPS) is 18.9. The molecule has 1 saturated heterocycles. The van der Waals surface area contributed by atoms with Crippen molar-refractivity contribution < 1.29 is 18.0 Å². The number of amides is 2. The minimum Gasteiger partial charge on any atom is -0.338 e. The summed E-state index contributed by atoms with van der Waals surface area (Å²) in [5.41, 5.74) is -0.389. The summed E-state index contributed by atoms with van der Waals surface area (Å²) in [7, 11) is 0. The molecule has 1 unspecified atom stereocenters. The van der Waals surface area contributed by atoms with Crippen LogP contribution >= 0.6 is 0 Å². The summed E-state index contributed by atoms with van der Waals surface area (Å²) in [6.07, 6.45) is -2.19. The number of likely N-dealkylation sites (tertiary alicyclic amines) is 1. The molecule has 0 saturated carbocycles. The number of benzene rings is 1. The highest BCUT2D eigenvalue weighted by molar-refractivity contribution is 5.89. The van der Waals surface area contributed by atoms with E-state index >= 15 is 0 Å². The van der Waals surface area contributed by atoms with Gasteiger partial charge < -0.3 is 15.5 Å². The maximum Gasteiger partial charge on any atom is 0.416 e. The summed E-state index contributed by atoms with van der Waals surface area (Å²) < 4.78 is 37.4. The molecule has 0 bridgehead atoms. The molecule has 1 aromatic carbocycles. The topological polar surface area (TPSA) is 44.4 Å². The number of carbonyl (C=O) groups excluding carboxylic acids is 1. The first kappa shape index (κ1) is 17.6. The Hall–Kier alpha value is -1.76. The first-order valence-corrected chi connectivity index (χ1v) is 7.83. The lowest BCUT2D eigenvalue weighted by Crippen LogP contribution is -2.34. The Morgan fingerprint density at radius 2 is 2.00 bits per heavy atom. The van der Waals surface area contributed by atoms with E-state index in [1.165, 1.54) is 12.1 Å². The van der Waals surface area contributed by atoms with Crippen LogP contribution in [0.2, 0.25) is 0 Å². The Kier molecular flexibility index (Phi) is 5.87. The predicted octanol–water partition coefficient (Wildman–Crippen LogP) is 3.56. The average molecular weight is 329 g/mol. The van der Waals surface area contributed by atoms with E-state index in [-0.39, 0.29) is 0 Å². The number of anilines is 1. The van der Waals surface area contributed by atoms with Crippen molar-refractivity contribution in [3.05, 3.63) is 29.8 Å². The lowest BCUT2D eigenvalue weighted by molar-refractivity contribution is -0.137. The summed E-state index contributed by atoms with van der Waals surface area (Å²) >= 11 is 0. The Morgan fingerprint density at radius 1 is 1.30 bits per heavy atom. The molecule has 0 aromatic heterocycles. The summed E-state index contributed by atoms with van der Waals surface area (Å²) in [5.74, 6) is 0.430. The molecule has 1 fully saturated rings. The van der Waals surface area contributed by atoms with Crippen molar-refractivity contribution in [2.24, 2.45) is 5.92 Å². The Bertz CT molecular complexity index is 516. The summed E-state index contributed by atoms with van der Waals surface area (Å²) in [5, 5.41) is 5.33. The monoisotopic (exact) mass is 329 g/mol. The van der Waals surface area contributed by atoms with Crippen molar-refractivity contribution in [1.29, 1.82) is 0 Å². The zero-order valence-electron chi connectivity index (χ0n) is 13.1. The molecule has 2 N–H and O–H groups in total. The fourth-order valence-electron chi connectivity index (χ4n) is 2.75. The highest BCUT2D eigenvalue weighted by Gasteiger charge is 2.30. The van der Waals surface area contributed by atoms with Gasteiger partial charge in [-0.15, -0.1) is 0 Å². The van der Waals surface area contributed by atoms with Gasteiger partial charge in [0, 0.05) is 18.8 Å². The minimum atomic E-state index is -4.37. The lowest BCUT2D eigenvalue weighted by Gasteiger charge is -2.15. The molecule has 1 heterocycles. The molecule has 128 valence electrons. The first-order chi connectivity index (χ1) is 10.9. The molecule has 0 radical (unpaired) electrons. The zero-order chi connectivity index (χ0) is 16.9. The molecule has 2 rings (SSSR count). The molecule has 2 amide bonds. The highest BCUT2D eigenvalue weighted by Crippen LogP contribution is 2.29. The molecule has 4 nitrogen and oxygen atoms in total. The molecule has 0 aliphatic carbocycles. The third-order valence-electron chi connectivity index (χ3n) is 3.93. The van der Waals surface area contributed by atoms with Gasteiger partial charge in [-0.3, -0.25) is 0 Å². The van der Waals surface area contributed by atoms with Crippen LogP contribution in [0.5, 0.6) is 0 Å². The van der Waals surface area contributed by atoms with Crippen molar-refractivity contribution in [3.8, 4) is 0 Å². The van der Waals surface area contributed by atoms with Crippen molar-refractivity contribution in [2.45, 2.75) is 25.9 Å². The van der Waals surface area contributed by atoms with Crippen LogP contribution in [0, 0.1) is 5.92 Å². The number of rotatable bonds is 5. The molecule has 7 heteroatoms. The van der Waals surface area contributed by atoms with Crippen LogP contribution in [0.1, 0.15) is 25.3 Å². The smallest absolute Gasteiger partial charge is 0.338 e. The van der Waals surface area contributed by atoms with Gasteiger partial charge in [-0.1, -0.05) is 6.92 Å². The number of alkyl halides is 3. The van der Waals surface area contributed by atoms with E-state index in [1.807, 2.05) is 0 Å². The van der Waals surface area contributed by atoms with Gasteiger partial charge in [-0.05, 0) is 56.1 Å². The van der Waals surface area contributed by atoms with Crippen LogP contribution in [-0.2, 0) is 6.18 Å². The molecular weight excluding hydrogens is 307 g/mol. The molecule has 0 spiro atoms. The number of nitrogens with zero attached hydrogens (tertiary/aromatic N) is 1. The van der Waals surface area contributed by atoms with Crippen molar-refractivity contribution in [2.75, 3.05) is 31.5 Å². The standard InChI is InChI=1S/C16H22F3N3O/c1-2-8-22-9-7-12(11-22)10-20-15(23)21-14-5-3-13(4-6-14)16(17,18)19/h3-6,12H,2,7-11H2,1H3,(H2,20,21,23). The van der Waals surface area contributed by atoms with E-state index in [0.29, 0.717) is 18.2 Å². The van der Waals surface area contributed by atoms with E-state index in [2.05, 4.69) is 22.5 Å². The summed E-state index contributed by atoms with van der Waals surface area (Å²) in [4.78, 5) is 14.2. The minimum absolute atomic E-state index is 0.342. The third kappa shape index (κ3) is 5.42. The van der Waals surface area contributed by atoms with Crippen LogP contribution in [-0.4, -0.2) is 37.1 Å². The van der Waals surface area contributed by atoms with E-state index in [1.54, 1.807) is 0 Å². The third-order valence-corrected chi connectivity index (χ3v) is 3.93. The van der Waals surface area contributed by atoms with Gasteiger partial charge in [0.05, 0.1) is 5.56 Å². The van der Waals surface area contributed by atoms with Crippen LogP contribution < -0.4 is 10.6 Å². The van der Waals surface area contributed by atoms with E-state index in [9.17, 15) is 18.0 Å². The van der Waals surface area contributed by atoms with E-state index in [4.69, 9.17) is 0 Å². The Balaban J connectivity index is 1.75. The summed E-state index contributed by atoms with van der Waals surface area (Å²) in [6.45, 7) is 5.83. The predicted molar refractivity (Wildman–Crippen MR) is 83.3 cm³/mol. The van der Waals surface area contributed by atoms with Crippen LogP contribution in [0.3, 0.4) is 0 Å². The maximum absolute atomic E-state index is 12.5. The molecule has 1 atom stereocenters. The largest absolute Gasteiger partial charge is 0.416 e. The lowest BCUT2D eigenvalue weighted by atomic mass is 10.1. The number of carbonyl (C=O) groups is 1. The van der Waals surface area contributed by atoms with Gasteiger partial charge in [-0.25, -0.2) is 4.79 Å². The van der Waals surface area contributed by atoms with Crippen LogP contribution in [0.15, 0.2) is 24.3 Å². The molecule has 23 heavy (non-hydrogen) atoms. The first-order valence-electron chi connectivity index (χ1n) is 7.83. The van der Waals surface area contributed by atoms with Crippen molar-refractivity contribution in [3.63, 3.8) is 0 Å². The molecule has 1 aliphatic heterocycles. The fourth-order valence-corrected chi connectivity index (χ4v) is 2.75. The second kappa shape index (κ2) is 7.68. The Labute approximate surface area is 134 Å². The van der Waals surface area contributed by atoms with Gasteiger partial charge in [0.2, 0.25) is 0 Å². The second-order valence-electron chi connectivity index (χ2n) is 5.87. The Morgan fingerprint density at radius 3 is 2.61 bits per heavy atom. The number of urea groups is 1. The average Bonchev–Trinajstić information content (AvgIpc) is 2.93. The second-order valence-corrected chi connectivity index (χ2v) is 5.87. The SMILES string of the molecule is CCCN1CCC(CNC(=O)Nc2ccc(C(F)(F)F)cc2)C1. The quantitative estimate of drug-likeness (QED) is 0.867. The van der Waals surface area contributed by atoms with Crippen LogP contribution in [0.25, 0.3) is 0 Å². The van der Waals surface area contributed by atoms with Gasteiger partial charge in [0.25, 0.3) is 0 Å². The number of hydrogen-bond acceptors (Lipinski definition) is 2. The van der Waals surface area contributed by atoms with Gasteiger partial charge >= 0.3 is 12.2 Å². The highest BCUT2D eigenvalue weighted by atomic mass is 19.4. The van der Waals surface area contributed by atoms with E-state index in [0.717, 1.165) is 44.6 Å². The van der Waals surface area contributed by atoms with Gasteiger partial charge in [0.1, 0.15) is 0 Å². The van der Waals surface area contributed by atoms with Crippen molar-refractivity contribution >= 4 is 11.7 Å².